The molecule has 0 aromatic rings. The summed E-state index contributed by atoms with van der Waals surface area (Å²) in [5.74, 6) is 1.46. The van der Waals surface area contributed by atoms with Crippen LogP contribution >= 0.6 is 0 Å². The first kappa shape index (κ1) is 19.0. The molecule has 0 radical (unpaired) electrons. The summed E-state index contributed by atoms with van der Waals surface area (Å²) in [5.41, 5.74) is 0.283. The lowest BCUT2D eigenvalue weighted by molar-refractivity contribution is -0.369. The van der Waals surface area contributed by atoms with Crippen molar-refractivity contribution < 1.29 is 19.1 Å². The molecule has 154 valence electrons. The van der Waals surface area contributed by atoms with E-state index < -0.39 is 5.60 Å². The summed E-state index contributed by atoms with van der Waals surface area (Å²) >= 11 is 0. The van der Waals surface area contributed by atoms with Crippen LogP contribution in [-0.2, 0) is 19.1 Å². The molecule has 4 nitrogen and oxygen atoms in total. The summed E-state index contributed by atoms with van der Waals surface area (Å²) in [7, 11) is 0. The second-order valence-corrected chi connectivity index (χ2v) is 10.5. The molecule has 2 bridgehead atoms. The first-order chi connectivity index (χ1) is 13.2. The molecule has 3 saturated carbocycles. The van der Waals surface area contributed by atoms with Crippen LogP contribution in [-0.4, -0.2) is 29.1 Å². The van der Waals surface area contributed by atoms with Gasteiger partial charge in [-0.2, -0.15) is 0 Å². The van der Waals surface area contributed by atoms with Crippen LogP contribution in [0, 0.1) is 22.7 Å². The van der Waals surface area contributed by atoms with E-state index in [2.05, 4.69) is 20.8 Å². The lowest BCUT2D eigenvalue weighted by Gasteiger charge is -2.66. The summed E-state index contributed by atoms with van der Waals surface area (Å²) in [6.45, 7) is 8.49. The van der Waals surface area contributed by atoms with Crippen molar-refractivity contribution in [2.75, 3.05) is 0 Å². The third kappa shape index (κ3) is 1.99. The monoisotopic (exact) mass is 386 g/mol. The lowest BCUT2D eigenvalue weighted by atomic mass is 9.44. The third-order valence-electron chi connectivity index (χ3n) is 9.79. The summed E-state index contributed by atoms with van der Waals surface area (Å²) in [5, 5.41) is 0. The second-order valence-electron chi connectivity index (χ2n) is 10.5. The molecule has 5 rings (SSSR count). The summed E-state index contributed by atoms with van der Waals surface area (Å²) in [6, 6.07) is 0. The standard InChI is InChI=1S/C24H34O4/c1-5-20-27-23(15(2)25)12-13-24(28-20)19-7-6-16-14-17(26)8-10-21(16,3)18(19)9-11-22(23,24)4/h14,18-20H,5-13H2,1-4H3/t18-,19+,20?,21-,22+,23+,24+/m0/s1. The van der Waals surface area contributed by atoms with E-state index in [9.17, 15) is 9.59 Å². The van der Waals surface area contributed by atoms with E-state index in [1.165, 1.54) is 5.57 Å². The molecule has 0 N–H and O–H groups in total. The Morgan fingerprint density at radius 1 is 1.07 bits per heavy atom. The van der Waals surface area contributed by atoms with Gasteiger partial charge in [0.25, 0.3) is 0 Å². The Balaban J connectivity index is 1.62. The van der Waals surface area contributed by atoms with Crippen LogP contribution in [0.5, 0.6) is 0 Å². The van der Waals surface area contributed by atoms with E-state index in [-0.39, 0.29) is 28.5 Å². The number of allylic oxidation sites excluding steroid dienone is 1. The van der Waals surface area contributed by atoms with Crippen molar-refractivity contribution in [1.29, 1.82) is 0 Å². The number of fused-ring (bicyclic) bond motifs is 3. The van der Waals surface area contributed by atoms with Crippen molar-refractivity contribution in [3.8, 4) is 0 Å². The van der Waals surface area contributed by atoms with Gasteiger partial charge in [0, 0.05) is 11.8 Å². The van der Waals surface area contributed by atoms with Gasteiger partial charge in [0.05, 0.1) is 5.60 Å². The number of rotatable bonds is 2. The van der Waals surface area contributed by atoms with Crippen LogP contribution in [0.25, 0.3) is 0 Å². The predicted molar refractivity (Wildman–Crippen MR) is 106 cm³/mol. The number of hydrogen-bond acceptors (Lipinski definition) is 4. The highest BCUT2D eigenvalue weighted by Crippen LogP contribution is 2.73. The van der Waals surface area contributed by atoms with Gasteiger partial charge in [-0.1, -0.05) is 26.3 Å². The fraction of sp³-hybridized carbons (Fsp3) is 0.833. The molecule has 4 fully saturated rings. The van der Waals surface area contributed by atoms with Crippen LogP contribution in [0.1, 0.15) is 85.5 Å². The van der Waals surface area contributed by atoms with Crippen molar-refractivity contribution in [3.05, 3.63) is 11.6 Å². The van der Waals surface area contributed by atoms with E-state index >= 15 is 0 Å². The smallest absolute Gasteiger partial charge is 0.162 e. The SMILES string of the molecule is CCC1O[C@@]2(C(C)=O)CC[C@@]3(O1)[C@@H]1CCC4=CC(=O)CC[C@]4(C)[C@H]1CC[C@]23C. The van der Waals surface area contributed by atoms with Crippen molar-refractivity contribution in [3.63, 3.8) is 0 Å². The molecule has 7 atom stereocenters. The molecule has 1 unspecified atom stereocenters. The van der Waals surface area contributed by atoms with Gasteiger partial charge in [0.2, 0.25) is 0 Å². The van der Waals surface area contributed by atoms with Gasteiger partial charge in [0.1, 0.15) is 5.60 Å². The van der Waals surface area contributed by atoms with Gasteiger partial charge in [-0.25, -0.2) is 0 Å². The fourth-order valence-corrected chi connectivity index (χ4v) is 8.26. The number of ether oxygens (including phenoxy) is 2. The van der Waals surface area contributed by atoms with E-state index in [0.717, 1.165) is 51.4 Å². The van der Waals surface area contributed by atoms with E-state index in [4.69, 9.17) is 9.47 Å². The van der Waals surface area contributed by atoms with Crippen LogP contribution in [0.2, 0.25) is 0 Å². The Labute approximate surface area is 168 Å². The minimum absolute atomic E-state index is 0.109. The molecule has 1 aliphatic heterocycles. The molecular weight excluding hydrogens is 352 g/mol. The third-order valence-corrected chi connectivity index (χ3v) is 9.79. The molecule has 0 amide bonds. The number of carbonyl (C=O) groups is 2. The van der Waals surface area contributed by atoms with Crippen LogP contribution in [0.4, 0.5) is 0 Å². The van der Waals surface area contributed by atoms with Gasteiger partial charge < -0.3 is 9.47 Å². The highest BCUT2D eigenvalue weighted by Gasteiger charge is 2.77. The van der Waals surface area contributed by atoms with Crippen molar-refractivity contribution in [2.24, 2.45) is 22.7 Å². The molecular formula is C24H34O4. The minimum atomic E-state index is -0.684. The Hall–Kier alpha value is -1.00. The molecule has 5 aliphatic rings. The second kappa shape index (κ2) is 5.78. The Bertz CT molecular complexity index is 771. The zero-order valence-corrected chi connectivity index (χ0v) is 17.8. The average Bonchev–Trinajstić information content (AvgIpc) is 2.80. The maximum atomic E-state index is 13.0. The fourth-order valence-electron chi connectivity index (χ4n) is 8.26. The van der Waals surface area contributed by atoms with Crippen LogP contribution < -0.4 is 0 Å². The molecule has 0 aromatic carbocycles. The normalized spacial score (nSPS) is 52.4. The molecule has 4 heteroatoms. The minimum Gasteiger partial charge on any atom is -0.345 e. The Kier molecular flexibility index (Phi) is 3.92. The van der Waals surface area contributed by atoms with Gasteiger partial charge in [-0.05, 0) is 81.6 Å². The van der Waals surface area contributed by atoms with Crippen molar-refractivity contribution >= 4 is 11.6 Å². The van der Waals surface area contributed by atoms with Crippen LogP contribution in [0.3, 0.4) is 0 Å². The number of hydrogen-bond donors (Lipinski definition) is 0. The molecule has 28 heavy (non-hydrogen) atoms. The Morgan fingerprint density at radius 2 is 1.86 bits per heavy atom. The summed E-state index contributed by atoms with van der Waals surface area (Å²) in [6.07, 6.45) is 9.95. The van der Waals surface area contributed by atoms with E-state index in [0.29, 0.717) is 24.0 Å². The Morgan fingerprint density at radius 3 is 2.57 bits per heavy atom. The quantitative estimate of drug-likeness (QED) is 0.687. The average molecular weight is 387 g/mol. The number of Topliss-reactive ketones (excluding diaryl/α,β-unsaturated/α-hetero) is 1. The molecule has 1 heterocycles. The molecule has 0 aromatic heterocycles. The van der Waals surface area contributed by atoms with Crippen molar-refractivity contribution in [2.45, 2.75) is 103 Å². The maximum absolute atomic E-state index is 13.0. The molecule has 4 aliphatic carbocycles. The first-order valence-corrected chi connectivity index (χ1v) is 11.3. The largest absolute Gasteiger partial charge is 0.345 e. The topological polar surface area (TPSA) is 52.6 Å². The van der Waals surface area contributed by atoms with E-state index in [1.807, 2.05) is 6.08 Å². The van der Waals surface area contributed by atoms with Crippen molar-refractivity contribution in [1.82, 2.24) is 0 Å². The number of ketones is 2. The first-order valence-electron chi connectivity index (χ1n) is 11.3. The predicted octanol–water partition coefficient (Wildman–Crippen LogP) is 4.75. The highest BCUT2D eigenvalue weighted by molar-refractivity contribution is 5.91. The zero-order valence-electron chi connectivity index (χ0n) is 17.8. The van der Waals surface area contributed by atoms with Gasteiger partial charge in [-0.3, -0.25) is 9.59 Å². The summed E-state index contributed by atoms with van der Waals surface area (Å²) < 4.78 is 13.3. The maximum Gasteiger partial charge on any atom is 0.162 e. The number of carbonyl (C=O) groups excluding carboxylic acids is 2. The highest BCUT2D eigenvalue weighted by atomic mass is 16.7. The van der Waals surface area contributed by atoms with E-state index in [1.54, 1.807) is 6.92 Å². The summed E-state index contributed by atoms with van der Waals surface area (Å²) in [4.78, 5) is 25.0. The van der Waals surface area contributed by atoms with Gasteiger partial charge in [-0.15, -0.1) is 0 Å². The van der Waals surface area contributed by atoms with Gasteiger partial charge in [0.15, 0.2) is 17.9 Å². The van der Waals surface area contributed by atoms with Gasteiger partial charge >= 0.3 is 0 Å². The molecule has 0 spiro atoms. The zero-order chi connectivity index (χ0) is 19.9. The van der Waals surface area contributed by atoms with Crippen LogP contribution in [0.15, 0.2) is 11.6 Å². The molecule has 1 saturated heterocycles. The lowest BCUT2D eigenvalue weighted by Crippen LogP contribution is -2.71.